The summed E-state index contributed by atoms with van der Waals surface area (Å²) in [6.45, 7) is 4.42. The molecule has 0 spiro atoms. The summed E-state index contributed by atoms with van der Waals surface area (Å²) in [5, 5.41) is 17.9. The first-order valence-electron chi connectivity index (χ1n) is 10.4. The maximum Gasteiger partial charge on any atom is 0.244 e. The van der Waals surface area contributed by atoms with E-state index < -0.39 is 5.91 Å². The molecule has 2 heterocycles. The van der Waals surface area contributed by atoms with E-state index in [0.717, 1.165) is 54.6 Å². The molecule has 1 aromatic rings. The molecule has 1 unspecified atom stereocenters. The zero-order valence-corrected chi connectivity index (χ0v) is 17.4. The topological polar surface area (TPSA) is 132 Å². The van der Waals surface area contributed by atoms with Gasteiger partial charge in [-0.15, -0.1) is 0 Å². The Morgan fingerprint density at radius 1 is 1.30 bits per heavy atom. The van der Waals surface area contributed by atoms with E-state index in [4.69, 9.17) is 16.6 Å². The second-order valence-corrected chi connectivity index (χ2v) is 8.37. The largest absolute Gasteiger partial charge is 0.393 e. The zero-order chi connectivity index (χ0) is 21.4. The molecule has 3 aliphatic rings. The quantitative estimate of drug-likeness (QED) is 0.552. The number of anilines is 1. The van der Waals surface area contributed by atoms with Gasteiger partial charge in [-0.1, -0.05) is 18.4 Å². The van der Waals surface area contributed by atoms with Crippen LogP contribution in [0.15, 0.2) is 27.8 Å². The van der Waals surface area contributed by atoms with Crippen LogP contribution in [-0.2, 0) is 4.79 Å². The number of hydrogen-bond donors (Lipinski definition) is 4. The average Bonchev–Trinajstić information content (AvgIpc) is 3.07. The van der Waals surface area contributed by atoms with Gasteiger partial charge in [0, 0.05) is 11.1 Å². The fourth-order valence-electron chi connectivity index (χ4n) is 4.46. The maximum absolute atomic E-state index is 11.7. The molecule has 30 heavy (non-hydrogen) atoms. The molecule has 2 aliphatic carbocycles. The summed E-state index contributed by atoms with van der Waals surface area (Å²) in [4.78, 5) is 16.0. The van der Waals surface area contributed by atoms with E-state index in [9.17, 15) is 9.90 Å². The number of rotatable bonds is 2. The first-order chi connectivity index (χ1) is 14.3. The lowest BCUT2D eigenvalue weighted by molar-refractivity contribution is -0.115. The van der Waals surface area contributed by atoms with Crippen molar-refractivity contribution in [3.05, 3.63) is 34.1 Å². The number of nitrogens with two attached hydrogens (primary N) is 2. The number of primary amides is 1. The molecule has 0 bridgehead atoms. The number of nitrogens with zero attached hydrogens (tertiary/aromatic N) is 3. The Morgan fingerprint density at radius 3 is 2.73 bits per heavy atom. The number of aromatic nitrogens is 2. The van der Waals surface area contributed by atoms with Gasteiger partial charge in [0.15, 0.2) is 0 Å². The van der Waals surface area contributed by atoms with Crippen molar-refractivity contribution in [1.82, 2.24) is 9.78 Å². The number of carbonyl (C=O) groups excluding carboxylic acids is 1. The minimum Gasteiger partial charge on any atom is -0.393 e. The highest BCUT2D eigenvalue weighted by molar-refractivity contribution is 6.05. The van der Waals surface area contributed by atoms with Crippen molar-refractivity contribution in [2.75, 3.05) is 12.0 Å². The molecule has 0 radical (unpaired) electrons. The predicted octanol–water partition coefficient (Wildman–Crippen LogP) is 1.57. The van der Waals surface area contributed by atoms with E-state index in [1.165, 1.54) is 0 Å². The zero-order valence-electron chi connectivity index (χ0n) is 17.4. The summed E-state index contributed by atoms with van der Waals surface area (Å²) in [5.74, 6) is 7.28. The lowest BCUT2D eigenvalue weighted by Crippen LogP contribution is -2.26. The summed E-state index contributed by atoms with van der Waals surface area (Å²) in [5.41, 5.74) is 15.5. The van der Waals surface area contributed by atoms with Crippen LogP contribution in [0.3, 0.4) is 0 Å². The van der Waals surface area contributed by atoms with Gasteiger partial charge in [-0.05, 0) is 56.9 Å². The number of nitrogens with one attached hydrogen (secondary N) is 1. The van der Waals surface area contributed by atoms with E-state index in [-0.39, 0.29) is 18.1 Å². The van der Waals surface area contributed by atoms with Crippen molar-refractivity contribution in [2.24, 2.45) is 22.4 Å². The normalized spacial score (nSPS) is 26.0. The molecule has 1 aromatic heterocycles. The molecule has 6 N–H and O–H groups in total. The second kappa shape index (κ2) is 8.00. The molecule has 8 nitrogen and oxygen atoms in total. The Morgan fingerprint density at radius 2 is 2.03 bits per heavy atom. The maximum atomic E-state index is 11.7. The number of hydrogen-bond acceptors (Lipinski definition) is 6. The highest BCUT2D eigenvalue weighted by Gasteiger charge is 2.29. The van der Waals surface area contributed by atoms with Crippen LogP contribution in [0.25, 0.3) is 0 Å². The first-order valence-corrected chi connectivity index (χ1v) is 10.4. The highest BCUT2D eigenvalue weighted by Crippen LogP contribution is 2.34. The van der Waals surface area contributed by atoms with E-state index in [1.54, 1.807) is 6.08 Å². The van der Waals surface area contributed by atoms with Crippen LogP contribution in [0.2, 0.25) is 0 Å². The van der Waals surface area contributed by atoms with Gasteiger partial charge in [0.05, 0.1) is 17.7 Å². The lowest BCUT2D eigenvalue weighted by atomic mass is 9.85. The molecule has 4 rings (SSSR count). The van der Waals surface area contributed by atoms with E-state index in [1.807, 2.05) is 18.5 Å². The number of amidine groups is 1. The number of aliphatic imine (C=N–C) groups is 1. The van der Waals surface area contributed by atoms with Crippen LogP contribution in [-0.4, -0.2) is 39.4 Å². The Balaban J connectivity index is 1.72. The molecule has 158 valence electrons. The summed E-state index contributed by atoms with van der Waals surface area (Å²) in [7, 11) is 0. The number of allylic oxidation sites excluding steroid dienone is 3. The summed E-state index contributed by atoms with van der Waals surface area (Å²) in [6, 6.07) is 0.189. The van der Waals surface area contributed by atoms with Crippen LogP contribution in [0.4, 0.5) is 5.82 Å². The van der Waals surface area contributed by atoms with Gasteiger partial charge >= 0.3 is 0 Å². The molecule has 1 atom stereocenters. The van der Waals surface area contributed by atoms with Crippen molar-refractivity contribution >= 4 is 17.6 Å². The van der Waals surface area contributed by atoms with Gasteiger partial charge in [-0.25, -0.2) is 9.67 Å². The molecule has 1 saturated carbocycles. The van der Waals surface area contributed by atoms with Gasteiger partial charge in [-0.2, -0.15) is 5.10 Å². The number of aliphatic hydroxyl groups is 1. The van der Waals surface area contributed by atoms with Crippen LogP contribution >= 0.6 is 0 Å². The smallest absolute Gasteiger partial charge is 0.244 e. The minimum atomic E-state index is -0.406. The number of fused-ring (bicyclic) bond motifs is 1. The van der Waals surface area contributed by atoms with Crippen LogP contribution in [0.5, 0.6) is 0 Å². The summed E-state index contributed by atoms with van der Waals surface area (Å²) >= 11 is 0. The fraction of sp³-hybridized carbons (Fsp3) is 0.500. The monoisotopic (exact) mass is 408 g/mol. The van der Waals surface area contributed by atoms with Gasteiger partial charge in [0.2, 0.25) is 5.91 Å². The summed E-state index contributed by atoms with van der Waals surface area (Å²) < 4.78 is 1.96. The molecule has 1 fully saturated rings. The number of carbonyl (C=O) groups is 1. The van der Waals surface area contributed by atoms with Crippen LogP contribution < -0.4 is 16.8 Å². The standard InChI is InChI=1S/C22H28N6O2/c1-12-9-13(2)17(21(24)30)10-14(12)3-8-18-19-20(23)25-11-26-22(19)28(27-18)15-4-6-16(29)7-5-15/h10,13,15-16,26,29H,4-7,9,11H2,1-2H3,(H2,23,25)(H2,24,30). The summed E-state index contributed by atoms with van der Waals surface area (Å²) in [6.07, 6.45) is 5.54. The predicted molar refractivity (Wildman–Crippen MR) is 116 cm³/mol. The van der Waals surface area contributed by atoms with E-state index in [2.05, 4.69) is 22.2 Å². The third-order valence-corrected chi connectivity index (χ3v) is 6.18. The Labute approximate surface area is 176 Å². The Kier molecular flexibility index (Phi) is 5.39. The molecule has 1 amide bonds. The molecule has 0 saturated heterocycles. The fourth-order valence-corrected chi connectivity index (χ4v) is 4.46. The van der Waals surface area contributed by atoms with Crippen molar-refractivity contribution in [3.63, 3.8) is 0 Å². The molecule has 8 heteroatoms. The Hall–Kier alpha value is -3.05. The van der Waals surface area contributed by atoms with Crippen molar-refractivity contribution in [2.45, 2.75) is 58.1 Å². The van der Waals surface area contributed by atoms with Gasteiger partial charge < -0.3 is 21.9 Å². The molecular formula is C22H28N6O2. The van der Waals surface area contributed by atoms with Crippen LogP contribution in [0, 0.1) is 17.8 Å². The molecule has 0 aromatic carbocycles. The van der Waals surface area contributed by atoms with Gasteiger partial charge in [0.1, 0.15) is 24.0 Å². The molecule has 1 aliphatic heterocycles. The third kappa shape index (κ3) is 3.73. The first kappa shape index (κ1) is 20.2. The van der Waals surface area contributed by atoms with Gasteiger partial charge in [0.25, 0.3) is 0 Å². The van der Waals surface area contributed by atoms with Crippen LogP contribution in [0.1, 0.15) is 63.3 Å². The van der Waals surface area contributed by atoms with Crippen molar-refractivity contribution in [3.8, 4) is 11.8 Å². The third-order valence-electron chi connectivity index (χ3n) is 6.18. The average molecular weight is 409 g/mol. The minimum absolute atomic E-state index is 0.0913. The number of amides is 1. The number of aliphatic hydroxyl groups excluding tert-OH is 1. The van der Waals surface area contributed by atoms with Gasteiger partial charge in [-0.3, -0.25) is 4.79 Å². The van der Waals surface area contributed by atoms with E-state index >= 15 is 0 Å². The van der Waals surface area contributed by atoms with Crippen molar-refractivity contribution in [1.29, 1.82) is 0 Å². The van der Waals surface area contributed by atoms with E-state index in [0.29, 0.717) is 23.8 Å². The molecular weight excluding hydrogens is 380 g/mol. The highest BCUT2D eigenvalue weighted by atomic mass is 16.3. The Bertz CT molecular complexity index is 1030. The lowest BCUT2D eigenvalue weighted by Gasteiger charge is -2.27. The SMILES string of the molecule is CC1=C(C#Cc2nn(C3CCC(O)CC3)c3c2C(N)=NCN3)C=C(C(N)=O)C(C)C1. The van der Waals surface area contributed by atoms with Crippen molar-refractivity contribution < 1.29 is 9.90 Å². The second-order valence-electron chi connectivity index (χ2n) is 8.37.